The van der Waals surface area contributed by atoms with E-state index in [-0.39, 0.29) is 12.1 Å². The molecule has 2 amide bonds. The van der Waals surface area contributed by atoms with Gasteiger partial charge >= 0.3 is 6.03 Å². The Morgan fingerprint density at radius 2 is 1.77 bits per heavy atom. The maximum absolute atomic E-state index is 12.6. The average Bonchev–Trinajstić information content (AvgIpc) is 2.79. The number of unbranched alkanes of at least 4 members (excludes halogenated alkanes) is 3. The van der Waals surface area contributed by atoms with E-state index in [1.165, 1.54) is 19.3 Å². The molecular formula is C25H41N3O3. The van der Waals surface area contributed by atoms with Crippen LogP contribution in [0.25, 0.3) is 0 Å². The lowest BCUT2D eigenvalue weighted by molar-refractivity contribution is 0.0130. The highest BCUT2D eigenvalue weighted by Crippen LogP contribution is 2.25. The van der Waals surface area contributed by atoms with Gasteiger partial charge in [0.15, 0.2) is 0 Å². The Morgan fingerprint density at radius 3 is 2.42 bits per heavy atom. The molecule has 6 heteroatoms. The molecule has 0 heterocycles. The van der Waals surface area contributed by atoms with Crippen LogP contribution in [0.5, 0.6) is 5.75 Å². The summed E-state index contributed by atoms with van der Waals surface area (Å²) < 4.78 is 11.3. The largest absolute Gasteiger partial charge is 0.497 e. The van der Waals surface area contributed by atoms with Crippen molar-refractivity contribution in [2.75, 3.05) is 46.2 Å². The van der Waals surface area contributed by atoms with Crippen LogP contribution in [0, 0.1) is 0 Å². The third-order valence-corrected chi connectivity index (χ3v) is 6.08. The minimum Gasteiger partial charge on any atom is -0.497 e. The molecular weight excluding hydrogens is 390 g/mol. The first-order chi connectivity index (χ1) is 15.0. The van der Waals surface area contributed by atoms with Gasteiger partial charge in [0.1, 0.15) is 5.75 Å². The number of benzene rings is 1. The third-order valence-electron chi connectivity index (χ3n) is 6.08. The second kappa shape index (κ2) is 14.1. The molecule has 0 unspecified atom stereocenters. The summed E-state index contributed by atoms with van der Waals surface area (Å²) in [4.78, 5) is 16.7. The van der Waals surface area contributed by atoms with Gasteiger partial charge in [-0.2, -0.15) is 0 Å². The van der Waals surface area contributed by atoms with Gasteiger partial charge in [-0.05, 0) is 76.4 Å². The number of nitrogens with one attached hydrogen (secondary N) is 1. The molecule has 174 valence electrons. The van der Waals surface area contributed by atoms with Crippen LogP contribution >= 0.6 is 0 Å². The Morgan fingerprint density at radius 1 is 1.10 bits per heavy atom. The Hall–Kier alpha value is -2.05. The summed E-state index contributed by atoms with van der Waals surface area (Å²) in [5.74, 6) is 0.779. The molecule has 2 rings (SSSR count). The number of carbonyl (C=O) groups is 1. The van der Waals surface area contributed by atoms with Crippen molar-refractivity contribution in [1.82, 2.24) is 9.80 Å². The number of anilines is 1. The second-order valence-corrected chi connectivity index (χ2v) is 8.54. The molecule has 1 N–H and O–H groups in total. The van der Waals surface area contributed by atoms with E-state index < -0.39 is 0 Å². The third kappa shape index (κ3) is 9.32. The maximum atomic E-state index is 12.6. The van der Waals surface area contributed by atoms with Crippen molar-refractivity contribution in [3.05, 3.63) is 36.9 Å². The lowest BCUT2D eigenvalue weighted by Gasteiger charge is -2.34. The monoisotopic (exact) mass is 431 g/mol. The number of rotatable bonds is 13. The average molecular weight is 432 g/mol. The van der Waals surface area contributed by atoms with Gasteiger partial charge < -0.3 is 24.6 Å². The van der Waals surface area contributed by atoms with E-state index in [4.69, 9.17) is 9.47 Å². The zero-order chi connectivity index (χ0) is 22.5. The fraction of sp³-hybridized carbons (Fsp3) is 0.640. The standard InChI is InChI=1S/C25H41N3O3/c1-5-18-27(2)19-8-6-7-9-20-31-24-16-12-22(13-17-24)28(3)25(29)26-21-10-14-23(30-4)15-11-21/h5,10-11,14-15,22,24H,1,6-9,12-13,16-20H2,2-4H3,(H,26,29)/t22-,24-. The summed E-state index contributed by atoms with van der Waals surface area (Å²) in [5.41, 5.74) is 0.780. The van der Waals surface area contributed by atoms with Gasteiger partial charge in [0, 0.05) is 31.9 Å². The SMILES string of the molecule is C=CCN(C)CCCCCCO[C@H]1CC[C@H](N(C)C(=O)Nc2ccc(OC)cc2)CC1. The second-order valence-electron chi connectivity index (χ2n) is 8.54. The first-order valence-corrected chi connectivity index (χ1v) is 11.6. The predicted molar refractivity (Wildman–Crippen MR) is 128 cm³/mol. The van der Waals surface area contributed by atoms with Crippen LogP contribution in [-0.4, -0.2) is 68.9 Å². The van der Waals surface area contributed by atoms with E-state index in [0.717, 1.165) is 63.2 Å². The molecule has 1 aromatic carbocycles. The Bertz CT molecular complexity index is 642. The van der Waals surface area contributed by atoms with Crippen LogP contribution in [-0.2, 0) is 4.74 Å². The molecule has 0 aromatic heterocycles. The highest BCUT2D eigenvalue weighted by atomic mass is 16.5. The number of hydrogen-bond acceptors (Lipinski definition) is 4. The molecule has 1 saturated carbocycles. The Labute approximate surface area is 188 Å². The molecule has 0 bridgehead atoms. The zero-order valence-electron chi connectivity index (χ0n) is 19.6. The normalized spacial score (nSPS) is 18.6. The van der Waals surface area contributed by atoms with Crippen molar-refractivity contribution < 1.29 is 14.3 Å². The van der Waals surface area contributed by atoms with Gasteiger partial charge in [0.05, 0.1) is 13.2 Å². The van der Waals surface area contributed by atoms with Crippen molar-refractivity contribution in [3.63, 3.8) is 0 Å². The van der Waals surface area contributed by atoms with Crippen LogP contribution in [0.4, 0.5) is 10.5 Å². The summed E-state index contributed by atoms with van der Waals surface area (Å²) in [6.45, 7) is 6.72. The quantitative estimate of drug-likeness (QED) is 0.346. The van der Waals surface area contributed by atoms with Crippen LogP contribution in [0.1, 0.15) is 51.4 Å². The minimum absolute atomic E-state index is 0.0618. The van der Waals surface area contributed by atoms with Crippen LogP contribution in [0.2, 0.25) is 0 Å². The predicted octanol–water partition coefficient (Wildman–Crippen LogP) is 5.16. The molecule has 1 fully saturated rings. The van der Waals surface area contributed by atoms with Gasteiger partial charge in [-0.25, -0.2) is 4.79 Å². The molecule has 0 atom stereocenters. The summed E-state index contributed by atoms with van der Waals surface area (Å²) in [6, 6.07) is 7.61. The molecule has 0 saturated heterocycles. The summed E-state index contributed by atoms with van der Waals surface area (Å²) in [6.07, 6.45) is 11.2. The summed E-state index contributed by atoms with van der Waals surface area (Å²) in [5, 5.41) is 2.97. The molecule has 0 aliphatic heterocycles. The lowest BCUT2D eigenvalue weighted by atomic mass is 9.92. The van der Waals surface area contributed by atoms with Gasteiger partial charge in [0.2, 0.25) is 0 Å². The zero-order valence-corrected chi connectivity index (χ0v) is 19.6. The molecule has 1 aliphatic rings. The van der Waals surface area contributed by atoms with Gasteiger partial charge in [-0.3, -0.25) is 0 Å². The number of carbonyl (C=O) groups excluding carboxylic acids is 1. The molecule has 0 radical (unpaired) electrons. The van der Waals surface area contributed by atoms with Crippen molar-refractivity contribution in [2.24, 2.45) is 0 Å². The number of urea groups is 1. The van der Waals surface area contributed by atoms with E-state index in [0.29, 0.717) is 6.10 Å². The first-order valence-electron chi connectivity index (χ1n) is 11.6. The topological polar surface area (TPSA) is 54.0 Å². The number of hydrogen-bond donors (Lipinski definition) is 1. The fourth-order valence-electron chi connectivity index (χ4n) is 4.05. The molecule has 6 nitrogen and oxygen atoms in total. The van der Waals surface area contributed by atoms with Crippen LogP contribution < -0.4 is 10.1 Å². The van der Waals surface area contributed by atoms with Crippen LogP contribution in [0.3, 0.4) is 0 Å². The smallest absolute Gasteiger partial charge is 0.321 e. The maximum Gasteiger partial charge on any atom is 0.321 e. The van der Waals surface area contributed by atoms with Gasteiger partial charge in [-0.1, -0.05) is 18.9 Å². The van der Waals surface area contributed by atoms with Crippen molar-refractivity contribution >= 4 is 11.7 Å². The number of likely N-dealkylation sites (N-methyl/N-ethyl adjacent to an activating group) is 1. The molecule has 1 aliphatic carbocycles. The Kier molecular flexibility index (Phi) is 11.5. The lowest BCUT2D eigenvalue weighted by Crippen LogP contribution is -2.42. The summed E-state index contributed by atoms with van der Waals surface area (Å²) in [7, 11) is 5.66. The van der Waals surface area contributed by atoms with E-state index in [1.54, 1.807) is 7.11 Å². The Balaban J connectivity index is 1.56. The van der Waals surface area contributed by atoms with E-state index in [2.05, 4.69) is 23.8 Å². The van der Waals surface area contributed by atoms with Crippen molar-refractivity contribution in [1.29, 1.82) is 0 Å². The van der Waals surface area contributed by atoms with E-state index >= 15 is 0 Å². The van der Waals surface area contributed by atoms with E-state index in [1.807, 2.05) is 42.3 Å². The number of amides is 2. The van der Waals surface area contributed by atoms with Gasteiger partial charge in [-0.15, -0.1) is 6.58 Å². The van der Waals surface area contributed by atoms with Gasteiger partial charge in [0.25, 0.3) is 0 Å². The van der Waals surface area contributed by atoms with Crippen molar-refractivity contribution in [2.45, 2.75) is 63.5 Å². The molecule has 31 heavy (non-hydrogen) atoms. The number of nitrogens with zero attached hydrogens (tertiary/aromatic N) is 2. The molecule has 0 spiro atoms. The number of ether oxygens (including phenoxy) is 2. The first kappa shape index (κ1) is 25.2. The summed E-state index contributed by atoms with van der Waals surface area (Å²) >= 11 is 0. The molecule has 1 aromatic rings. The van der Waals surface area contributed by atoms with E-state index in [9.17, 15) is 4.79 Å². The number of methoxy groups -OCH3 is 1. The highest BCUT2D eigenvalue weighted by molar-refractivity contribution is 5.89. The van der Waals surface area contributed by atoms with Crippen LogP contribution in [0.15, 0.2) is 36.9 Å². The minimum atomic E-state index is -0.0618. The fourth-order valence-corrected chi connectivity index (χ4v) is 4.05. The van der Waals surface area contributed by atoms with Crippen molar-refractivity contribution in [3.8, 4) is 5.75 Å². The highest BCUT2D eigenvalue weighted by Gasteiger charge is 2.27.